The first-order valence-electron chi connectivity index (χ1n) is 34.7. The number of nitrogens with zero attached hydrogens (tertiary/aromatic N) is 2. The zero-order valence-corrected chi connectivity index (χ0v) is 54.3. The van der Waals surface area contributed by atoms with Gasteiger partial charge in [-0.25, -0.2) is 4.90 Å². The first-order valence-corrected chi connectivity index (χ1v) is 34.7. The lowest BCUT2D eigenvalue weighted by molar-refractivity contribution is 0.0606. The summed E-state index contributed by atoms with van der Waals surface area (Å²) in [7, 11) is 0. The second-order valence-electron chi connectivity index (χ2n) is 25.6. The van der Waals surface area contributed by atoms with E-state index in [1.54, 1.807) is 36.4 Å². The van der Waals surface area contributed by atoms with Gasteiger partial charge >= 0.3 is 0 Å². The van der Waals surface area contributed by atoms with Gasteiger partial charge in [0.15, 0.2) is 0 Å². The zero-order chi connectivity index (χ0) is 63.3. The fourth-order valence-electron chi connectivity index (χ4n) is 14.1. The minimum absolute atomic E-state index is 0.287. The van der Waals surface area contributed by atoms with Gasteiger partial charge < -0.3 is 9.47 Å². The average molecular weight is 1220 g/mol. The van der Waals surface area contributed by atoms with Gasteiger partial charge in [-0.1, -0.05) is 270 Å². The number of rotatable bonds is 33. The van der Waals surface area contributed by atoms with Gasteiger partial charge in [0.05, 0.1) is 18.9 Å². The van der Waals surface area contributed by atoms with Crippen LogP contribution in [-0.2, 0) is 0 Å². The maximum atomic E-state index is 14.5. The molecule has 10 aromatic carbocycles. The Hall–Kier alpha value is -8.88. The highest BCUT2D eigenvalue weighted by molar-refractivity contribution is 6.39. The molecule has 0 spiro atoms. The number of imide groups is 2. The molecule has 0 atom stereocenters. The number of benzene rings is 10. The molecule has 0 bridgehead atoms. The first-order chi connectivity index (χ1) is 45.3. The molecule has 470 valence electrons. The largest absolute Gasteiger partial charge is 0.493 e. The minimum atomic E-state index is -0.498. The maximum Gasteiger partial charge on any atom is 0.265 e. The van der Waals surface area contributed by atoms with Crippen molar-refractivity contribution in [3.63, 3.8) is 0 Å². The molecule has 10 aromatic rings. The summed E-state index contributed by atoms with van der Waals surface area (Å²) in [5, 5.41) is 11.1. The van der Waals surface area contributed by atoms with Crippen molar-refractivity contribution in [3.8, 4) is 22.6 Å². The van der Waals surface area contributed by atoms with Gasteiger partial charge in [0.25, 0.3) is 23.6 Å². The van der Waals surface area contributed by atoms with E-state index in [2.05, 4.69) is 142 Å². The third-order valence-corrected chi connectivity index (χ3v) is 19.2. The summed E-state index contributed by atoms with van der Waals surface area (Å²) in [6.07, 6.45) is 33.9. The lowest BCUT2D eigenvalue weighted by Crippen LogP contribution is -2.43. The van der Waals surface area contributed by atoms with Gasteiger partial charge in [-0.15, -0.1) is 0 Å². The Morgan fingerprint density at radius 1 is 0.337 bits per heavy atom. The predicted octanol–water partition coefficient (Wildman–Crippen LogP) is 22.7. The molecule has 0 unspecified atom stereocenters. The second kappa shape index (κ2) is 30.0. The fraction of sp³-hybridized carbons (Fsp3) is 0.333. The van der Waals surface area contributed by atoms with Crippen molar-refractivity contribution in [2.45, 2.75) is 162 Å². The third-order valence-electron chi connectivity index (χ3n) is 19.2. The number of fused-ring (bicyclic) bond motifs is 2. The summed E-state index contributed by atoms with van der Waals surface area (Å²) in [4.78, 5) is 59.3. The lowest BCUT2D eigenvalue weighted by atomic mass is 9.85. The molecule has 2 heterocycles. The summed E-state index contributed by atoms with van der Waals surface area (Å²) >= 11 is 0. The van der Waals surface area contributed by atoms with Gasteiger partial charge in [0, 0.05) is 50.7 Å². The predicted molar refractivity (Wildman–Crippen MR) is 384 cm³/mol. The highest BCUT2D eigenvalue weighted by Crippen LogP contribution is 2.44. The van der Waals surface area contributed by atoms with Gasteiger partial charge in [-0.05, 0) is 133 Å². The topological polar surface area (TPSA) is 93.2 Å². The smallest absolute Gasteiger partial charge is 0.265 e. The second-order valence-corrected chi connectivity index (χ2v) is 25.6. The normalized spacial score (nSPS) is 13.3. The molecule has 0 radical (unpaired) electrons. The van der Waals surface area contributed by atoms with Crippen LogP contribution in [0.1, 0.15) is 226 Å². The SMILES string of the molecule is CCCCCCCCCCOc1cc(/C=C/c2ccc(N3C(=O)c4ccc5c6c(ccc(c46)C3=O)C(=O)N(CCCCCCCC)C5=O)cc2)c(OCCCCCCCCCC)cc1/C=C/c1ccc(-c2ccc3c4cccc5cccc(c6cccc2c63)c54)cc1. The monoisotopic (exact) mass is 1220 g/mol. The Bertz CT molecular complexity index is 4220. The third kappa shape index (κ3) is 13.5. The van der Waals surface area contributed by atoms with Crippen molar-refractivity contribution >= 4 is 107 Å². The van der Waals surface area contributed by atoms with Gasteiger partial charge in [-0.2, -0.15) is 0 Å². The summed E-state index contributed by atoms with van der Waals surface area (Å²) in [6, 6.07) is 51.8. The number of unbranched alkanes of at least 4 members (excludes halogenated alkanes) is 19. The van der Waals surface area contributed by atoms with Crippen LogP contribution in [0.4, 0.5) is 5.69 Å². The van der Waals surface area contributed by atoms with Crippen molar-refractivity contribution < 1.29 is 28.7 Å². The molecule has 4 amide bonds. The highest BCUT2D eigenvalue weighted by Gasteiger charge is 2.40. The molecule has 2 aliphatic heterocycles. The van der Waals surface area contributed by atoms with Crippen molar-refractivity contribution in [2.75, 3.05) is 24.7 Å². The molecule has 0 aliphatic carbocycles. The van der Waals surface area contributed by atoms with Gasteiger partial charge in [0.1, 0.15) is 11.5 Å². The Labute approximate surface area is 543 Å². The van der Waals surface area contributed by atoms with Gasteiger partial charge in [0.2, 0.25) is 0 Å². The van der Waals surface area contributed by atoms with Crippen LogP contribution in [0, 0.1) is 0 Å². The highest BCUT2D eigenvalue weighted by atomic mass is 16.5. The average Bonchev–Trinajstić information content (AvgIpc) is 0.723. The lowest BCUT2D eigenvalue weighted by Gasteiger charge is -2.32. The Morgan fingerprint density at radius 2 is 0.728 bits per heavy atom. The molecule has 8 nitrogen and oxygen atoms in total. The number of carbonyl (C=O) groups is 4. The molecule has 0 saturated heterocycles. The Kier molecular flexibility index (Phi) is 20.7. The van der Waals surface area contributed by atoms with E-state index in [0.29, 0.717) is 47.3 Å². The number of anilines is 1. The van der Waals surface area contributed by atoms with Crippen molar-refractivity contribution in [3.05, 3.63) is 196 Å². The standard InChI is InChI=1S/C84H88N2O6/c1-4-7-10-13-16-18-21-24-54-91-75-57-63(44-38-59-39-45-64(46-40-59)86-83(89)73-51-49-71-79-72(50-52-74(80(73)79)84(86)90)82(88)85(81(71)87)53-23-20-15-12-9-6-3)76(92-55-25-22-19-17-14-11-8-5-2)56-62(75)43-37-58-35-41-60(42-36-58)65-47-48-70-68-32-27-30-61-29-26-31-67(77(61)68)69-34-28-33-66(65)78(69)70/h26-52,56-57H,4-25,53-55H2,1-3H3/b43-37+,44-38+. The number of hydrogen-bond donors (Lipinski definition) is 0. The van der Waals surface area contributed by atoms with Crippen LogP contribution in [0.25, 0.3) is 89.3 Å². The number of hydrogen-bond acceptors (Lipinski definition) is 6. The molecular formula is C84H88N2O6. The van der Waals surface area contributed by atoms with Gasteiger partial charge in [-0.3, -0.25) is 24.1 Å². The summed E-state index contributed by atoms with van der Waals surface area (Å²) in [6.45, 7) is 8.23. The minimum Gasteiger partial charge on any atom is -0.493 e. The summed E-state index contributed by atoms with van der Waals surface area (Å²) in [5.41, 5.74) is 7.86. The van der Waals surface area contributed by atoms with Crippen LogP contribution < -0.4 is 14.4 Å². The first kappa shape index (κ1) is 63.3. The van der Waals surface area contributed by atoms with E-state index in [1.807, 2.05) is 18.2 Å². The van der Waals surface area contributed by atoms with Crippen LogP contribution in [0.3, 0.4) is 0 Å². The Morgan fingerprint density at radius 3 is 1.22 bits per heavy atom. The molecule has 0 fully saturated rings. The quantitative estimate of drug-likeness (QED) is 0.0134. The van der Waals surface area contributed by atoms with Crippen LogP contribution in [0.15, 0.2) is 152 Å². The van der Waals surface area contributed by atoms with Crippen LogP contribution in [0.5, 0.6) is 11.5 Å². The van der Waals surface area contributed by atoms with Crippen LogP contribution in [0.2, 0.25) is 0 Å². The van der Waals surface area contributed by atoms with E-state index < -0.39 is 11.8 Å². The number of carbonyl (C=O) groups excluding carboxylic acids is 4. The molecule has 0 saturated carbocycles. The number of ether oxygens (including phenoxy) is 2. The summed E-state index contributed by atoms with van der Waals surface area (Å²) < 4.78 is 13.5. The Balaban J connectivity index is 0.803. The van der Waals surface area contributed by atoms with Crippen molar-refractivity contribution in [2.24, 2.45) is 0 Å². The van der Waals surface area contributed by atoms with E-state index in [9.17, 15) is 19.2 Å². The van der Waals surface area contributed by atoms with Crippen LogP contribution >= 0.6 is 0 Å². The van der Waals surface area contributed by atoms with Crippen LogP contribution in [-0.4, -0.2) is 48.3 Å². The molecule has 12 rings (SSSR count). The number of amides is 4. The maximum absolute atomic E-state index is 14.5. The zero-order valence-electron chi connectivity index (χ0n) is 54.3. The van der Waals surface area contributed by atoms with Crippen molar-refractivity contribution in [1.29, 1.82) is 0 Å². The molecule has 8 heteroatoms. The van der Waals surface area contributed by atoms with E-state index in [0.717, 1.165) is 91.5 Å². The van der Waals surface area contributed by atoms with E-state index in [4.69, 9.17) is 9.47 Å². The molecule has 0 N–H and O–H groups in total. The molecule has 2 aliphatic rings. The van der Waals surface area contributed by atoms with E-state index in [-0.39, 0.29) is 22.9 Å². The summed E-state index contributed by atoms with van der Waals surface area (Å²) in [5.74, 6) is -0.199. The van der Waals surface area contributed by atoms with E-state index in [1.165, 1.54) is 147 Å². The van der Waals surface area contributed by atoms with E-state index >= 15 is 0 Å². The van der Waals surface area contributed by atoms with Crippen molar-refractivity contribution in [1.82, 2.24) is 4.90 Å². The molecular weight excluding hydrogens is 1130 g/mol. The fourth-order valence-corrected chi connectivity index (χ4v) is 14.1. The molecule has 92 heavy (non-hydrogen) atoms. The molecule has 0 aromatic heterocycles.